The van der Waals surface area contributed by atoms with Gasteiger partial charge in [0, 0.05) is 12.8 Å². The quantitative estimate of drug-likeness (QED) is 0.402. The number of nitrogens with zero attached hydrogens (tertiary/aromatic N) is 1. The Labute approximate surface area is 160 Å². The van der Waals surface area contributed by atoms with E-state index in [-0.39, 0.29) is 5.92 Å². The smallest absolute Gasteiger partial charge is 0.364 e. The molecule has 2 rings (SSSR count). The topological polar surface area (TPSA) is 86.6 Å². The molecular formula is C20H29NO6. The van der Waals surface area contributed by atoms with Gasteiger partial charge in [0.2, 0.25) is 0 Å². The molecule has 1 fully saturated rings. The first-order chi connectivity index (χ1) is 12.9. The van der Waals surface area contributed by atoms with E-state index in [2.05, 4.69) is 5.16 Å². The number of carboxylic acid groups (broad SMARTS) is 1. The zero-order valence-electron chi connectivity index (χ0n) is 16.5. The minimum atomic E-state index is -1.51. The van der Waals surface area contributed by atoms with Crippen LogP contribution in [0, 0.1) is 12.8 Å². The van der Waals surface area contributed by atoms with Crippen LogP contribution in [0.1, 0.15) is 44.2 Å². The molecule has 150 valence electrons. The fourth-order valence-electron chi connectivity index (χ4n) is 2.83. The third-order valence-electron chi connectivity index (χ3n) is 4.69. The highest BCUT2D eigenvalue weighted by atomic mass is 16.7. The van der Waals surface area contributed by atoms with Gasteiger partial charge in [-0.05, 0) is 62.4 Å². The van der Waals surface area contributed by atoms with E-state index in [0.29, 0.717) is 19.8 Å². The van der Waals surface area contributed by atoms with Gasteiger partial charge in [0.25, 0.3) is 5.79 Å². The summed E-state index contributed by atoms with van der Waals surface area (Å²) < 4.78 is 15.9. The van der Waals surface area contributed by atoms with E-state index >= 15 is 0 Å². The van der Waals surface area contributed by atoms with Crippen LogP contribution in [0.3, 0.4) is 0 Å². The number of ether oxygens (including phenoxy) is 3. The molecule has 0 amide bonds. The molecule has 1 N–H and O–H groups in total. The molecule has 1 heterocycles. The molecule has 1 saturated heterocycles. The van der Waals surface area contributed by atoms with Crippen LogP contribution >= 0.6 is 0 Å². The number of carbonyl (C=O) groups is 1. The molecular weight excluding hydrogens is 350 g/mol. The van der Waals surface area contributed by atoms with Gasteiger partial charge in [0.15, 0.2) is 0 Å². The number of unbranched alkanes of at least 4 members (excludes halogenated alkanes) is 1. The van der Waals surface area contributed by atoms with Gasteiger partial charge in [-0.15, -0.1) is 0 Å². The van der Waals surface area contributed by atoms with E-state index in [1.54, 1.807) is 7.11 Å². The number of carboxylic acids is 1. The Kier molecular flexibility index (Phi) is 7.62. The van der Waals surface area contributed by atoms with Crippen molar-refractivity contribution in [1.29, 1.82) is 0 Å². The summed E-state index contributed by atoms with van der Waals surface area (Å²) in [6.07, 6.45) is 2.71. The minimum Gasteiger partial charge on any atom is -0.496 e. The van der Waals surface area contributed by atoms with Crippen molar-refractivity contribution < 1.29 is 28.9 Å². The monoisotopic (exact) mass is 379 g/mol. The van der Waals surface area contributed by atoms with Gasteiger partial charge in [-0.25, -0.2) is 4.79 Å². The van der Waals surface area contributed by atoms with Crippen molar-refractivity contribution in [3.63, 3.8) is 0 Å². The maximum Gasteiger partial charge on any atom is 0.364 e. The Balaban J connectivity index is 1.65. The molecule has 0 aliphatic carbocycles. The number of oxime groups is 1. The lowest BCUT2D eigenvalue weighted by Gasteiger charge is -2.34. The molecule has 1 aliphatic rings. The summed E-state index contributed by atoms with van der Waals surface area (Å²) in [4.78, 5) is 16.5. The van der Waals surface area contributed by atoms with Crippen molar-refractivity contribution in [2.24, 2.45) is 11.1 Å². The number of aliphatic carboxylic acids is 1. The zero-order valence-corrected chi connectivity index (χ0v) is 16.5. The highest BCUT2D eigenvalue weighted by Gasteiger charge is 2.40. The van der Waals surface area contributed by atoms with Crippen molar-refractivity contribution in [2.75, 3.05) is 26.9 Å². The maximum absolute atomic E-state index is 11.0. The van der Waals surface area contributed by atoms with Gasteiger partial charge in [0.05, 0.1) is 26.0 Å². The molecule has 1 aromatic carbocycles. The van der Waals surface area contributed by atoms with Crippen LogP contribution in [0.25, 0.3) is 0 Å². The first-order valence-electron chi connectivity index (χ1n) is 9.18. The average Bonchev–Trinajstić information content (AvgIpc) is 2.65. The summed E-state index contributed by atoms with van der Waals surface area (Å²) in [5.41, 5.74) is 2.88. The molecule has 0 unspecified atom stereocenters. The summed E-state index contributed by atoms with van der Waals surface area (Å²) in [5, 5.41) is 13.2. The second-order valence-corrected chi connectivity index (χ2v) is 6.93. The molecule has 0 aromatic heterocycles. The number of rotatable bonds is 9. The van der Waals surface area contributed by atoms with E-state index in [4.69, 9.17) is 24.2 Å². The number of methoxy groups -OCH3 is 1. The van der Waals surface area contributed by atoms with Crippen LogP contribution < -0.4 is 4.74 Å². The van der Waals surface area contributed by atoms with E-state index < -0.39 is 11.8 Å². The molecule has 1 aliphatic heterocycles. The fourth-order valence-corrected chi connectivity index (χ4v) is 2.83. The molecule has 7 nitrogen and oxygen atoms in total. The van der Waals surface area contributed by atoms with Gasteiger partial charge in [-0.3, -0.25) is 0 Å². The van der Waals surface area contributed by atoms with Gasteiger partial charge >= 0.3 is 5.97 Å². The van der Waals surface area contributed by atoms with Gasteiger partial charge < -0.3 is 24.2 Å². The standard InChI is InChI=1S/C20H29NO6/c1-14-11-17(8-9-18(14)24-4)15(2)21-27-10-6-5-7-16-12-25-20(3,19(22)23)26-13-16/h8-9,11,16H,5-7,10,12-13H2,1-4H3,(H,22,23). The molecule has 0 atom stereocenters. The summed E-state index contributed by atoms with van der Waals surface area (Å²) in [5.74, 6) is -1.53. The largest absolute Gasteiger partial charge is 0.496 e. The fraction of sp³-hybridized carbons (Fsp3) is 0.600. The van der Waals surface area contributed by atoms with Crippen molar-refractivity contribution in [1.82, 2.24) is 0 Å². The second kappa shape index (κ2) is 9.71. The van der Waals surface area contributed by atoms with Crippen LogP contribution in [0.5, 0.6) is 5.75 Å². The van der Waals surface area contributed by atoms with E-state index in [0.717, 1.165) is 41.9 Å². The Morgan fingerprint density at radius 3 is 2.63 bits per heavy atom. The van der Waals surface area contributed by atoms with E-state index in [1.807, 2.05) is 32.0 Å². The average molecular weight is 379 g/mol. The van der Waals surface area contributed by atoms with E-state index in [9.17, 15) is 4.79 Å². The first-order valence-corrected chi connectivity index (χ1v) is 9.18. The summed E-state index contributed by atoms with van der Waals surface area (Å²) >= 11 is 0. The van der Waals surface area contributed by atoms with Crippen LogP contribution in [0.4, 0.5) is 0 Å². The Bertz CT molecular complexity index is 664. The second-order valence-electron chi connectivity index (χ2n) is 6.93. The van der Waals surface area contributed by atoms with Crippen LogP contribution in [0.15, 0.2) is 23.4 Å². The number of benzene rings is 1. The van der Waals surface area contributed by atoms with Gasteiger partial charge in [-0.2, -0.15) is 0 Å². The summed E-state index contributed by atoms with van der Waals surface area (Å²) in [6, 6.07) is 5.91. The van der Waals surface area contributed by atoms with Gasteiger partial charge in [0.1, 0.15) is 12.4 Å². The molecule has 0 spiro atoms. The molecule has 1 aromatic rings. The number of hydrogen-bond donors (Lipinski definition) is 1. The molecule has 0 bridgehead atoms. The molecule has 0 radical (unpaired) electrons. The molecule has 7 heteroatoms. The van der Waals surface area contributed by atoms with E-state index in [1.165, 1.54) is 6.92 Å². The van der Waals surface area contributed by atoms with Gasteiger partial charge in [-0.1, -0.05) is 5.16 Å². The first kappa shape index (κ1) is 21.2. The predicted octanol–water partition coefficient (Wildman–Crippen LogP) is 3.38. The van der Waals surface area contributed by atoms with Crippen molar-refractivity contribution in [3.05, 3.63) is 29.3 Å². The normalized spacial score (nSPS) is 23.1. The molecule has 27 heavy (non-hydrogen) atoms. The highest BCUT2D eigenvalue weighted by molar-refractivity contribution is 5.98. The summed E-state index contributed by atoms with van der Waals surface area (Å²) in [7, 11) is 1.66. The highest BCUT2D eigenvalue weighted by Crippen LogP contribution is 2.24. The Morgan fingerprint density at radius 2 is 2.04 bits per heavy atom. The maximum atomic E-state index is 11.0. The lowest BCUT2D eigenvalue weighted by atomic mass is 10.0. The third kappa shape index (κ3) is 5.94. The Hall–Kier alpha value is -2.12. The predicted molar refractivity (Wildman–Crippen MR) is 101 cm³/mol. The van der Waals surface area contributed by atoms with Crippen LogP contribution in [-0.4, -0.2) is 49.5 Å². The lowest BCUT2D eigenvalue weighted by Crippen LogP contribution is -2.47. The zero-order chi connectivity index (χ0) is 19.9. The van der Waals surface area contributed by atoms with Crippen LogP contribution in [0.2, 0.25) is 0 Å². The Morgan fingerprint density at radius 1 is 1.33 bits per heavy atom. The SMILES string of the molecule is COc1ccc(C(C)=NOCCCCC2COC(C)(C(=O)O)OC2)cc1C. The minimum absolute atomic E-state index is 0.213. The van der Waals surface area contributed by atoms with Crippen molar-refractivity contribution >= 4 is 11.7 Å². The number of hydrogen-bond acceptors (Lipinski definition) is 6. The summed E-state index contributed by atoms with van der Waals surface area (Å²) in [6.45, 7) is 6.68. The van der Waals surface area contributed by atoms with Crippen molar-refractivity contribution in [2.45, 2.75) is 45.8 Å². The third-order valence-corrected chi connectivity index (χ3v) is 4.69. The lowest BCUT2D eigenvalue weighted by molar-refractivity contribution is -0.271. The van der Waals surface area contributed by atoms with Crippen LogP contribution in [-0.2, 0) is 19.1 Å². The molecule has 0 saturated carbocycles. The number of aryl methyl sites for hydroxylation is 1. The van der Waals surface area contributed by atoms with Crippen molar-refractivity contribution in [3.8, 4) is 5.75 Å².